The van der Waals surface area contributed by atoms with Crippen molar-refractivity contribution >= 4 is 45.9 Å². The molecule has 0 amide bonds. The lowest BCUT2D eigenvalue weighted by Gasteiger charge is -2.06. The van der Waals surface area contributed by atoms with Crippen molar-refractivity contribution in [1.29, 1.82) is 0 Å². The maximum Gasteiger partial charge on any atom is 0.205 e. The highest BCUT2D eigenvalue weighted by Gasteiger charge is 2.12. The second kappa shape index (κ2) is 4.92. The zero-order chi connectivity index (χ0) is 14.3. The summed E-state index contributed by atoms with van der Waals surface area (Å²) < 4.78 is 26.7. The summed E-state index contributed by atoms with van der Waals surface area (Å²) in [6.07, 6.45) is 0. The Morgan fingerprint density at radius 2 is 1.80 bits per heavy atom. The average Bonchev–Trinajstić information content (AvgIpc) is 2.77. The smallest absolute Gasteiger partial charge is 0.205 e. The molecule has 7 heteroatoms. The van der Waals surface area contributed by atoms with E-state index in [1.807, 2.05) is 0 Å². The predicted octanol–water partition coefficient (Wildman–Crippen LogP) is 4.89. The van der Waals surface area contributed by atoms with E-state index < -0.39 is 11.6 Å². The molecule has 3 nitrogen and oxygen atoms in total. The Morgan fingerprint density at radius 3 is 2.50 bits per heavy atom. The summed E-state index contributed by atoms with van der Waals surface area (Å²) in [5.74, 6) is -1.20. The Bertz CT molecular complexity index is 781. The van der Waals surface area contributed by atoms with Crippen LogP contribution in [0.25, 0.3) is 11.0 Å². The van der Waals surface area contributed by atoms with Crippen molar-refractivity contribution in [3.05, 3.63) is 52.0 Å². The van der Waals surface area contributed by atoms with Crippen LogP contribution in [0.4, 0.5) is 20.4 Å². The Kier molecular flexibility index (Phi) is 3.23. The first-order valence-corrected chi connectivity index (χ1v) is 6.36. The molecule has 0 fully saturated rings. The van der Waals surface area contributed by atoms with Crippen LogP contribution in [0.2, 0.25) is 10.0 Å². The molecule has 0 aliphatic carbocycles. The number of benzene rings is 2. The van der Waals surface area contributed by atoms with Crippen LogP contribution in [0.5, 0.6) is 0 Å². The average molecular weight is 314 g/mol. The number of hydrogen-bond donors (Lipinski definition) is 2. The first kappa shape index (κ1) is 13.1. The molecule has 2 N–H and O–H groups in total. The van der Waals surface area contributed by atoms with E-state index in [0.29, 0.717) is 15.7 Å². The number of halogens is 4. The number of aromatic nitrogens is 2. The molecule has 20 heavy (non-hydrogen) atoms. The van der Waals surface area contributed by atoms with Crippen molar-refractivity contribution in [3.8, 4) is 0 Å². The third kappa shape index (κ3) is 2.30. The molecule has 1 aromatic heterocycles. The predicted molar refractivity (Wildman–Crippen MR) is 75.8 cm³/mol. The minimum Gasteiger partial charge on any atom is -0.324 e. The quantitative estimate of drug-likeness (QED) is 0.707. The number of rotatable bonds is 2. The molecule has 0 unspecified atom stereocenters. The highest BCUT2D eigenvalue weighted by atomic mass is 35.5. The van der Waals surface area contributed by atoms with Crippen molar-refractivity contribution in [3.63, 3.8) is 0 Å². The van der Waals surface area contributed by atoms with Gasteiger partial charge < -0.3 is 10.3 Å². The highest BCUT2D eigenvalue weighted by Crippen LogP contribution is 2.32. The second-order valence-corrected chi connectivity index (χ2v) is 4.91. The van der Waals surface area contributed by atoms with Gasteiger partial charge in [0.1, 0.15) is 11.3 Å². The lowest BCUT2D eigenvalue weighted by Crippen LogP contribution is -1.94. The lowest BCUT2D eigenvalue weighted by atomic mass is 10.3. The molecule has 3 rings (SSSR count). The van der Waals surface area contributed by atoms with Crippen LogP contribution in [0.3, 0.4) is 0 Å². The molecule has 3 aromatic rings. The van der Waals surface area contributed by atoms with E-state index in [0.717, 1.165) is 12.1 Å². The summed E-state index contributed by atoms with van der Waals surface area (Å²) >= 11 is 12.0. The van der Waals surface area contributed by atoms with Crippen molar-refractivity contribution in [2.24, 2.45) is 0 Å². The van der Waals surface area contributed by atoms with Crippen molar-refractivity contribution in [1.82, 2.24) is 9.97 Å². The van der Waals surface area contributed by atoms with Gasteiger partial charge in [0.05, 0.1) is 21.2 Å². The molecule has 0 radical (unpaired) electrons. The fraction of sp³-hybridized carbons (Fsp3) is 0. The second-order valence-electron chi connectivity index (χ2n) is 4.09. The summed E-state index contributed by atoms with van der Waals surface area (Å²) in [5, 5.41) is 3.64. The number of nitrogens with zero attached hydrogens (tertiary/aromatic N) is 1. The van der Waals surface area contributed by atoms with Crippen LogP contribution in [0.15, 0.2) is 30.3 Å². The Hall–Kier alpha value is -1.85. The van der Waals surface area contributed by atoms with E-state index in [9.17, 15) is 8.78 Å². The Labute approximate surface area is 122 Å². The molecule has 1 heterocycles. The van der Waals surface area contributed by atoms with E-state index >= 15 is 0 Å². The zero-order valence-electron chi connectivity index (χ0n) is 9.85. The van der Waals surface area contributed by atoms with Gasteiger partial charge in [0.2, 0.25) is 5.95 Å². The molecule has 2 aromatic carbocycles. The van der Waals surface area contributed by atoms with Crippen molar-refractivity contribution in [2.75, 3.05) is 5.32 Å². The lowest BCUT2D eigenvalue weighted by molar-refractivity contribution is 0.591. The first-order chi connectivity index (χ1) is 9.54. The van der Waals surface area contributed by atoms with Crippen LogP contribution < -0.4 is 5.32 Å². The molecule has 0 spiro atoms. The van der Waals surface area contributed by atoms with Gasteiger partial charge in [-0.25, -0.2) is 13.8 Å². The molecular weight excluding hydrogens is 307 g/mol. The summed E-state index contributed by atoms with van der Waals surface area (Å²) in [5.41, 5.74) is 0.723. The normalized spacial score (nSPS) is 11.0. The van der Waals surface area contributed by atoms with Crippen LogP contribution in [-0.4, -0.2) is 9.97 Å². The van der Waals surface area contributed by atoms with Crippen LogP contribution in [-0.2, 0) is 0 Å². The third-order valence-electron chi connectivity index (χ3n) is 2.71. The van der Waals surface area contributed by atoms with Crippen molar-refractivity contribution in [2.45, 2.75) is 0 Å². The van der Waals surface area contributed by atoms with Gasteiger partial charge >= 0.3 is 0 Å². The topological polar surface area (TPSA) is 40.7 Å². The zero-order valence-corrected chi connectivity index (χ0v) is 11.4. The SMILES string of the molecule is Fc1cc(F)c2nc(Nc3c(Cl)cccc3Cl)[nH]c2c1. The fourth-order valence-electron chi connectivity index (χ4n) is 1.84. The molecule has 0 bridgehead atoms. The van der Waals surface area contributed by atoms with E-state index in [1.54, 1.807) is 18.2 Å². The molecule has 102 valence electrons. The minimum atomic E-state index is -0.741. The van der Waals surface area contributed by atoms with Crippen LogP contribution in [0.1, 0.15) is 0 Å². The minimum absolute atomic E-state index is 0.0390. The molecule has 0 saturated carbocycles. The number of anilines is 2. The number of H-pyrrole nitrogens is 1. The summed E-state index contributed by atoms with van der Waals surface area (Å²) in [4.78, 5) is 6.77. The van der Waals surface area contributed by atoms with Gasteiger partial charge in [-0.3, -0.25) is 0 Å². The monoisotopic (exact) mass is 313 g/mol. The molecule has 0 atom stereocenters. The fourth-order valence-corrected chi connectivity index (χ4v) is 2.33. The molecule has 0 aliphatic heterocycles. The van der Waals surface area contributed by atoms with Crippen LogP contribution in [0, 0.1) is 11.6 Å². The van der Waals surface area contributed by atoms with Gasteiger partial charge in [0, 0.05) is 6.07 Å². The number of para-hydroxylation sites is 1. The van der Waals surface area contributed by atoms with Crippen LogP contribution >= 0.6 is 23.2 Å². The maximum absolute atomic E-state index is 13.6. The van der Waals surface area contributed by atoms with E-state index in [-0.39, 0.29) is 17.0 Å². The van der Waals surface area contributed by atoms with Gasteiger partial charge in [-0.2, -0.15) is 0 Å². The third-order valence-corrected chi connectivity index (χ3v) is 3.34. The van der Waals surface area contributed by atoms with Gasteiger partial charge in [0.15, 0.2) is 5.82 Å². The largest absolute Gasteiger partial charge is 0.324 e. The number of hydrogen-bond acceptors (Lipinski definition) is 2. The Morgan fingerprint density at radius 1 is 1.10 bits per heavy atom. The van der Waals surface area contributed by atoms with Gasteiger partial charge in [0.25, 0.3) is 0 Å². The molecular formula is C13H7Cl2F2N3. The summed E-state index contributed by atoms with van der Waals surface area (Å²) in [6, 6.07) is 6.93. The van der Waals surface area contributed by atoms with Gasteiger partial charge in [-0.05, 0) is 18.2 Å². The standard InChI is InChI=1S/C13H7Cl2F2N3/c14-7-2-1-3-8(15)11(7)19-13-18-10-5-6(16)4-9(17)12(10)20-13/h1-5H,(H2,18,19,20). The van der Waals surface area contributed by atoms with E-state index in [4.69, 9.17) is 23.2 Å². The van der Waals surface area contributed by atoms with E-state index in [1.165, 1.54) is 0 Å². The highest BCUT2D eigenvalue weighted by molar-refractivity contribution is 6.39. The first-order valence-electron chi connectivity index (χ1n) is 5.60. The van der Waals surface area contributed by atoms with Crippen molar-refractivity contribution < 1.29 is 8.78 Å². The summed E-state index contributed by atoms with van der Waals surface area (Å²) in [7, 11) is 0. The number of aromatic amines is 1. The summed E-state index contributed by atoms with van der Waals surface area (Å²) in [6.45, 7) is 0. The van der Waals surface area contributed by atoms with Gasteiger partial charge in [-0.15, -0.1) is 0 Å². The number of fused-ring (bicyclic) bond motifs is 1. The van der Waals surface area contributed by atoms with E-state index in [2.05, 4.69) is 15.3 Å². The maximum atomic E-state index is 13.6. The number of nitrogens with one attached hydrogen (secondary N) is 2. The Balaban J connectivity index is 2.06. The number of imidazole rings is 1. The van der Waals surface area contributed by atoms with Gasteiger partial charge in [-0.1, -0.05) is 29.3 Å². The molecule has 0 saturated heterocycles. The molecule has 0 aliphatic rings.